The minimum Gasteiger partial charge on any atom is -0.493 e. The number of hydrogen-bond acceptors (Lipinski definition) is 5. The molecule has 0 radical (unpaired) electrons. The zero-order valence-corrected chi connectivity index (χ0v) is 14.7. The van der Waals surface area contributed by atoms with Crippen LogP contribution in [0, 0.1) is 0 Å². The second-order valence-electron chi connectivity index (χ2n) is 5.69. The van der Waals surface area contributed by atoms with Crippen molar-refractivity contribution in [2.45, 2.75) is 6.10 Å². The Balaban J connectivity index is 1.52. The van der Waals surface area contributed by atoms with Gasteiger partial charge in [0, 0.05) is 6.08 Å². The van der Waals surface area contributed by atoms with Gasteiger partial charge in [0.25, 0.3) is 0 Å². The Morgan fingerprint density at radius 3 is 2.69 bits per heavy atom. The maximum Gasteiger partial charge on any atom is 0.244 e. The van der Waals surface area contributed by atoms with Crippen LogP contribution < -0.4 is 24.3 Å². The number of carbonyl (C=O) groups is 1. The van der Waals surface area contributed by atoms with E-state index in [9.17, 15) is 4.79 Å². The van der Waals surface area contributed by atoms with Crippen LogP contribution in [-0.2, 0) is 4.79 Å². The molecule has 6 heteroatoms. The summed E-state index contributed by atoms with van der Waals surface area (Å²) in [6, 6.07) is 12.9. The molecule has 0 unspecified atom stereocenters. The number of hydrogen-bond donors (Lipinski definition) is 1. The summed E-state index contributed by atoms with van der Waals surface area (Å²) in [5.74, 6) is 2.47. The number of ether oxygens (including phenoxy) is 4. The molecule has 0 aromatic heterocycles. The number of rotatable bonds is 6. The molecule has 136 valence electrons. The lowest BCUT2D eigenvalue weighted by atomic mass is 10.2. The average Bonchev–Trinajstić information content (AvgIpc) is 2.70. The Morgan fingerprint density at radius 1 is 1.15 bits per heavy atom. The molecule has 2 aromatic rings. The van der Waals surface area contributed by atoms with Crippen molar-refractivity contribution in [3.63, 3.8) is 0 Å². The summed E-state index contributed by atoms with van der Waals surface area (Å²) in [7, 11) is 3.15. The van der Waals surface area contributed by atoms with Gasteiger partial charge in [0.1, 0.15) is 12.7 Å². The van der Waals surface area contributed by atoms with Crippen LogP contribution in [-0.4, -0.2) is 39.4 Å². The van der Waals surface area contributed by atoms with Gasteiger partial charge in [0.15, 0.2) is 23.0 Å². The van der Waals surface area contributed by atoms with Crippen LogP contribution >= 0.6 is 0 Å². The second kappa shape index (κ2) is 8.29. The Morgan fingerprint density at radius 2 is 1.92 bits per heavy atom. The first kappa shape index (κ1) is 17.7. The lowest BCUT2D eigenvalue weighted by molar-refractivity contribution is -0.116. The smallest absolute Gasteiger partial charge is 0.244 e. The lowest BCUT2D eigenvalue weighted by Crippen LogP contribution is -2.40. The van der Waals surface area contributed by atoms with Crippen molar-refractivity contribution in [2.24, 2.45) is 0 Å². The molecule has 1 aliphatic heterocycles. The summed E-state index contributed by atoms with van der Waals surface area (Å²) in [4.78, 5) is 12.0. The summed E-state index contributed by atoms with van der Waals surface area (Å²) < 4.78 is 21.9. The SMILES string of the molecule is COc1ccc(/C=C/C(=O)NC[C@H]2COc3ccccc3O2)cc1OC. The summed E-state index contributed by atoms with van der Waals surface area (Å²) in [5, 5.41) is 2.82. The highest BCUT2D eigenvalue weighted by atomic mass is 16.6. The fraction of sp³-hybridized carbons (Fsp3) is 0.250. The van der Waals surface area contributed by atoms with Gasteiger partial charge in [0.2, 0.25) is 5.91 Å². The monoisotopic (exact) mass is 355 g/mol. The van der Waals surface area contributed by atoms with E-state index in [0.29, 0.717) is 30.4 Å². The Labute approximate surface area is 152 Å². The van der Waals surface area contributed by atoms with Gasteiger partial charge in [0.05, 0.1) is 20.8 Å². The molecule has 1 heterocycles. The van der Waals surface area contributed by atoms with E-state index in [4.69, 9.17) is 18.9 Å². The Kier molecular flexibility index (Phi) is 5.63. The Hall–Kier alpha value is -3.15. The quantitative estimate of drug-likeness (QED) is 0.807. The summed E-state index contributed by atoms with van der Waals surface area (Å²) in [6.45, 7) is 0.764. The molecular formula is C20H21NO5. The first-order valence-electron chi connectivity index (χ1n) is 8.26. The minimum absolute atomic E-state index is 0.206. The molecule has 1 aliphatic rings. The topological polar surface area (TPSA) is 66.0 Å². The number of para-hydroxylation sites is 2. The van der Waals surface area contributed by atoms with Crippen molar-refractivity contribution < 1.29 is 23.7 Å². The average molecular weight is 355 g/mol. The first-order chi connectivity index (χ1) is 12.7. The predicted molar refractivity (Wildman–Crippen MR) is 97.9 cm³/mol. The fourth-order valence-corrected chi connectivity index (χ4v) is 2.57. The normalized spacial score (nSPS) is 15.5. The Bertz CT molecular complexity index is 803. The van der Waals surface area contributed by atoms with Crippen LogP contribution in [0.5, 0.6) is 23.0 Å². The zero-order chi connectivity index (χ0) is 18.4. The third kappa shape index (κ3) is 4.27. The molecule has 2 aromatic carbocycles. The standard InChI is InChI=1S/C20H21NO5/c1-23-16-9-7-14(11-19(16)24-2)8-10-20(22)21-12-15-13-25-17-5-3-4-6-18(17)26-15/h3-11,15H,12-13H2,1-2H3,(H,21,22)/b10-8+/t15-/m0/s1. The zero-order valence-electron chi connectivity index (χ0n) is 14.7. The molecule has 6 nitrogen and oxygen atoms in total. The molecule has 0 saturated carbocycles. The molecule has 1 atom stereocenters. The van der Waals surface area contributed by atoms with Crippen LogP contribution in [0.15, 0.2) is 48.5 Å². The van der Waals surface area contributed by atoms with E-state index in [1.807, 2.05) is 30.3 Å². The van der Waals surface area contributed by atoms with Crippen molar-refractivity contribution in [2.75, 3.05) is 27.4 Å². The van der Waals surface area contributed by atoms with E-state index in [1.165, 1.54) is 6.08 Å². The van der Waals surface area contributed by atoms with Gasteiger partial charge in [-0.2, -0.15) is 0 Å². The van der Waals surface area contributed by atoms with Crippen molar-refractivity contribution >= 4 is 12.0 Å². The summed E-state index contributed by atoms with van der Waals surface area (Å²) >= 11 is 0. The third-order valence-electron chi connectivity index (χ3n) is 3.91. The second-order valence-corrected chi connectivity index (χ2v) is 5.69. The molecule has 0 fully saturated rings. The van der Waals surface area contributed by atoms with Gasteiger partial charge < -0.3 is 24.3 Å². The van der Waals surface area contributed by atoms with E-state index >= 15 is 0 Å². The van der Waals surface area contributed by atoms with Gasteiger partial charge in [-0.05, 0) is 35.9 Å². The van der Waals surface area contributed by atoms with Crippen molar-refractivity contribution in [1.82, 2.24) is 5.32 Å². The van der Waals surface area contributed by atoms with Crippen molar-refractivity contribution in [1.29, 1.82) is 0 Å². The van der Waals surface area contributed by atoms with Crippen molar-refractivity contribution in [3.05, 3.63) is 54.1 Å². The van der Waals surface area contributed by atoms with Crippen LogP contribution in [0.4, 0.5) is 0 Å². The number of nitrogens with one attached hydrogen (secondary N) is 1. The van der Waals surface area contributed by atoms with Crippen LogP contribution in [0.25, 0.3) is 6.08 Å². The fourth-order valence-electron chi connectivity index (χ4n) is 2.57. The van der Waals surface area contributed by atoms with E-state index in [2.05, 4.69) is 5.32 Å². The van der Waals surface area contributed by atoms with Crippen LogP contribution in [0.3, 0.4) is 0 Å². The number of amides is 1. The number of benzene rings is 2. The van der Waals surface area contributed by atoms with Gasteiger partial charge >= 0.3 is 0 Å². The molecule has 0 spiro atoms. The van der Waals surface area contributed by atoms with Crippen LogP contribution in [0.2, 0.25) is 0 Å². The highest BCUT2D eigenvalue weighted by Crippen LogP contribution is 2.30. The molecule has 0 saturated heterocycles. The number of methoxy groups -OCH3 is 2. The van der Waals surface area contributed by atoms with E-state index < -0.39 is 0 Å². The molecule has 0 bridgehead atoms. The highest BCUT2D eigenvalue weighted by molar-refractivity contribution is 5.91. The predicted octanol–water partition coefficient (Wildman–Crippen LogP) is 2.67. The van der Waals surface area contributed by atoms with Crippen LogP contribution in [0.1, 0.15) is 5.56 Å². The maximum absolute atomic E-state index is 12.0. The third-order valence-corrected chi connectivity index (χ3v) is 3.91. The number of fused-ring (bicyclic) bond motifs is 1. The van der Waals surface area contributed by atoms with E-state index in [0.717, 1.165) is 11.3 Å². The molecule has 0 aliphatic carbocycles. The van der Waals surface area contributed by atoms with Crippen molar-refractivity contribution in [3.8, 4) is 23.0 Å². The highest BCUT2D eigenvalue weighted by Gasteiger charge is 2.20. The molecule has 26 heavy (non-hydrogen) atoms. The van der Waals surface area contributed by atoms with Gasteiger partial charge in [-0.3, -0.25) is 4.79 Å². The molecule has 1 amide bonds. The molecule has 3 rings (SSSR count). The van der Waals surface area contributed by atoms with Gasteiger partial charge in [-0.15, -0.1) is 0 Å². The maximum atomic E-state index is 12.0. The summed E-state index contributed by atoms with van der Waals surface area (Å²) in [6.07, 6.45) is 2.97. The largest absolute Gasteiger partial charge is 0.493 e. The minimum atomic E-state index is -0.219. The van der Waals surface area contributed by atoms with E-state index in [1.54, 1.807) is 32.4 Å². The first-order valence-corrected chi connectivity index (χ1v) is 8.26. The molecule has 1 N–H and O–H groups in total. The van der Waals surface area contributed by atoms with Gasteiger partial charge in [-0.25, -0.2) is 0 Å². The molecular weight excluding hydrogens is 334 g/mol. The summed E-state index contributed by atoms with van der Waals surface area (Å²) in [5.41, 5.74) is 0.837. The lowest BCUT2D eigenvalue weighted by Gasteiger charge is -2.26. The van der Waals surface area contributed by atoms with E-state index in [-0.39, 0.29) is 12.0 Å². The number of carbonyl (C=O) groups excluding carboxylic acids is 1. The van der Waals surface area contributed by atoms with Gasteiger partial charge in [-0.1, -0.05) is 18.2 Å².